The highest BCUT2D eigenvalue weighted by Gasteiger charge is 2.25. The number of likely N-dealkylation sites (N-methyl/N-ethyl adjacent to an activating group) is 1. The van der Waals surface area contributed by atoms with Crippen molar-refractivity contribution < 1.29 is 4.74 Å². The molecule has 0 saturated carbocycles. The summed E-state index contributed by atoms with van der Waals surface area (Å²) in [4.78, 5) is 0. The second-order valence-electron chi connectivity index (χ2n) is 3.54. The summed E-state index contributed by atoms with van der Waals surface area (Å²) in [6.07, 6.45) is 0. The molecule has 0 bridgehead atoms. The van der Waals surface area contributed by atoms with E-state index in [-0.39, 0.29) is 0 Å². The normalized spacial score (nSPS) is 10.8. The van der Waals surface area contributed by atoms with Crippen LogP contribution in [0.2, 0.25) is 0 Å². The highest BCUT2D eigenvalue weighted by molar-refractivity contribution is 5.08. The van der Waals surface area contributed by atoms with Gasteiger partial charge in [-0.15, -0.1) is 0 Å². The maximum Gasteiger partial charge on any atom is 0.143 e. The van der Waals surface area contributed by atoms with E-state index >= 15 is 0 Å². The molecule has 0 aromatic rings. The molecule has 3 heteroatoms. The average molecular weight is 184 g/mol. The van der Waals surface area contributed by atoms with Gasteiger partial charge in [0.05, 0.1) is 11.5 Å². The molecule has 0 aliphatic carbocycles. The van der Waals surface area contributed by atoms with E-state index in [2.05, 4.69) is 18.6 Å². The summed E-state index contributed by atoms with van der Waals surface area (Å²) in [5.41, 5.74) is 3.40. The van der Waals surface area contributed by atoms with Crippen LogP contribution in [0.25, 0.3) is 0 Å². The lowest BCUT2D eigenvalue weighted by molar-refractivity contribution is 0.0403. The second-order valence-corrected chi connectivity index (χ2v) is 3.54. The van der Waals surface area contributed by atoms with Gasteiger partial charge in [-0.1, -0.05) is 13.2 Å². The fraction of sp³-hybridized carbons (Fsp3) is 0.600. The van der Waals surface area contributed by atoms with Crippen LogP contribution in [-0.4, -0.2) is 24.7 Å². The van der Waals surface area contributed by atoms with Crippen molar-refractivity contribution in [2.75, 3.05) is 14.1 Å². The number of nitrogens with one attached hydrogen (secondary N) is 1. The third-order valence-electron chi connectivity index (χ3n) is 1.86. The molecule has 0 saturated heterocycles. The predicted molar refractivity (Wildman–Crippen MR) is 55.9 cm³/mol. The Balaban J connectivity index is 4.44. The molecule has 0 aliphatic heterocycles. The summed E-state index contributed by atoms with van der Waals surface area (Å²) >= 11 is 0. The summed E-state index contributed by atoms with van der Waals surface area (Å²) in [5, 5.41) is 1.82. The van der Waals surface area contributed by atoms with Crippen LogP contribution in [0.5, 0.6) is 0 Å². The van der Waals surface area contributed by atoms with Gasteiger partial charge in [-0.2, -0.15) is 0 Å². The van der Waals surface area contributed by atoms with Crippen molar-refractivity contribution in [2.45, 2.75) is 26.4 Å². The lowest BCUT2D eigenvalue weighted by Crippen LogP contribution is -2.40. The van der Waals surface area contributed by atoms with Gasteiger partial charge < -0.3 is 9.75 Å². The van der Waals surface area contributed by atoms with E-state index in [1.54, 1.807) is 0 Å². The van der Waals surface area contributed by atoms with E-state index in [0.29, 0.717) is 5.76 Å². The monoisotopic (exact) mass is 184 g/mol. The molecule has 0 rings (SSSR count). The summed E-state index contributed by atoms with van der Waals surface area (Å²) in [6, 6.07) is 0. The summed E-state index contributed by atoms with van der Waals surface area (Å²) < 4.78 is 5.55. The zero-order valence-electron chi connectivity index (χ0n) is 9.27. The Morgan fingerprint density at radius 2 is 1.85 bits per heavy atom. The molecular formula is C10H20N2O. The zero-order chi connectivity index (χ0) is 10.6. The van der Waals surface area contributed by atoms with Gasteiger partial charge in [0, 0.05) is 14.1 Å². The van der Waals surface area contributed by atoms with Crippen molar-refractivity contribution in [3.8, 4) is 0 Å². The van der Waals surface area contributed by atoms with E-state index in [4.69, 9.17) is 4.74 Å². The van der Waals surface area contributed by atoms with Crippen LogP contribution in [0.4, 0.5) is 0 Å². The smallest absolute Gasteiger partial charge is 0.143 e. The zero-order valence-corrected chi connectivity index (χ0v) is 9.27. The van der Waals surface area contributed by atoms with E-state index in [1.807, 2.05) is 39.9 Å². The molecule has 0 radical (unpaired) electrons. The number of ether oxygens (including phenoxy) is 1. The van der Waals surface area contributed by atoms with E-state index in [9.17, 15) is 0 Å². The fourth-order valence-electron chi connectivity index (χ4n) is 1.03. The summed E-state index contributed by atoms with van der Waals surface area (Å²) in [6.45, 7) is 13.4. The minimum atomic E-state index is -0.427. The van der Waals surface area contributed by atoms with Crippen molar-refractivity contribution in [1.82, 2.24) is 10.4 Å². The first-order valence-corrected chi connectivity index (χ1v) is 4.26. The Bertz CT molecular complexity index is 209. The van der Waals surface area contributed by atoms with Gasteiger partial charge in [0.25, 0.3) is 0 Å². The van der Waals surface area contributed by atoms with Gasteiger partial charge in [-0.25, -0.2) is 5.43 Å². The maximum absolute atomic E-state index is 5.55. The topological polar surface area (TPSA) is 24.5 Å². The molecule has 0 aromatic heterocycles. The summed E-state index contributed by atoms with van der Waals surface area (Å²) in [5.74, 6) is 0.690. The van der Waals surface area contributed by atoms with Crippen LogP contribution >= 0.6 is 0 Å². The molecule has 0 amide bonds. The largest absolute Gasteiger partial charge is 0.487 e. The van der Waals surface area contributed by atoms with Gasteiger partial charge in [-0.3, -0.25) is 0 Å². The number of hydrogen-bond acceptors (Lipinski definition) is 3. The Morgan fingerprint density at radius 3 is 2.15 bits per heavy atom. The lowest BCUT2D eigenvalue weighted by atomic mass is 10.1. The number of nitrogens with zero attached hydrogens (tertiary/aromatic N) is 1. The highest BCUT2D eigenvalue weighted by Crippen LogP contribution is 2.22. The molecule has 0 unspecified atom stereocenters. The molecule has 0 heterocycles. The molecule has 0 aliphatic rings. The van der Waals surface area contributed by atoms with Gasteiger partial charge in [-0.05, 0) is 20.8 Å². The third kappa shape index (κ3) is 3.51. The minimum absolute atomic E-state index is 0.427. The van der Waals surface area contributed by atoms with Crippen molar-refractivity contribution in [2.24, 2.45) is 0 Å². The first-order valence-electron chi connectivity index (χ1n) is 4.26. The Kier molecular flexibility index (Phi) is 4.01. The Morgan fingerprint density at radius 1 is 1.38 bits per heavy atom. The van der Waals surface area contributed by atoms with Crippen LogP contribution < -0.4 is 5.43 Å². The standard InChI is InChI=1S/C10H20N2O/c1-8(2)13-10(4,5)9(3)12(7)11-6/h11H,1,3H2,2,4-7H3. The number of rotatable bonds is 5. The molecule has 0 atom stereocenters. The average Bonchev–Trinajstić information content (AvgIpc) is 1.99. The maximum atomic E-state index is 5.55. The van der Waals surface area contributed by atoms with Gasteiger partial charge in [0.15, 0.2) is 0 Å². The van der Waals surface area contributed by atoms with E-state index in [1.165, 1.54) is 0 Å². The summed E-state index contributed by atoms with van der Waals surface area (Å²) in [7, 11) is 3.73. The minimum Gasteiger partial charge on any atom is -0.487 e. The SMILES string of the molecule is C=C(C)OC(C)(C)C(=C)N(C)NC. The van der Waals surface area contributed by atoms with Crippen molar-refractivity contribution in [1.29, 1.82) is 0 Å². The first kappa shape index (κ1) is 12.0. The van der Waals surface area contributed by atoms with E-state index in [0.717, 1.165) is 5.70 Å². The molecule has 1 N–H and O–H groups in total. The molecule has 76 valence electrons. The number of hydrazine groups is 1. The van der Waals surface area contributed by atoms with Crippen LogP contribution in [0.15, 0.2) is 24.6 Å². The van der Waals surface area contributed by atoms with Crippen molar-refractivity contribution in [3.63, 3.8) is 0 Å². The van der Waals surface area contributed by atoms with Gasteiger partial charge >= 0.3 is 0 Å². The first-order chi connectivity index (χ1) is 5.81. The molecular weight excluding hydrogens is 164 g/mol. The Hall–Kier alpha value is -0.960. The molecule has 13 heavy (non-hydrogen) atoms. The van der Waals surface area contributed by atoms with Crippen LogP contribution in [0.3, 0.4) is 0 Å². The van der Waals surface area contributed by atoms with Gasteiger partial charge in [0.2, 0.25) is 0 Å². The molecule has 0 spiro atoms. The Labute approximate surface area is 81.0 Å². The predicted octanol–water partition coefficient (Wildman–Crippen LogP) is 1.90. The van der Waals surface area contributed by atoms with Crippen LogP contribution in [0.1, 0.15) is 20.8 Å². The number of allylic oxidation sites excluding steroid dienone is 1. The fourth-order valence-corrected chi connectivity index (χ4v) is 1.03. The number of hydrogen-bond donors (Lipinski definition) is 1. The highest BCUT2D eigenvalue weighted by atomic mass is 16.5. The molecule has 3 nitrogen and oxygen atoms in total. The van der Waals surface area contributed by atoms with Crippen LogP contribution in [-0.2, 0) is 4.74 Å². The lowest BCUT2D eigenvalue weighted by Gasteiger charge is -2.34. The third-order valence-corrected chi connectivity index (χ3v) is 1.86. The second kappa shape index (κ2) is 4.33. The molecule has 0 aromatic carbocycles. The molecule has 0 fully saturated rings. The van der Waals surface area contributed by atoms with Gasteiger partial charge in [0.1, 0.15) is 5.60 Å². The van der Waals surface area contributed by atoms with Crippen molar-refractivity contribution in [3.05, 3.63) is 24.6 Å². The quantitative estimate of drug-likeness (QED) is 0.521. The van der Waals surface area contributed by atoms with Crippen molar-refractivity contribution >= 4 is 0 Å². The van der Waals surface area contributed by atoms with Crippen LogP contribution in [0, 0.1) is 0 Å². The van der Waals surface area contributed by atoms with E-state index < -0.39 is 5.60 Å².